The molecule has 0 unspecified atom stereocenters. The number of nitrogens with zero attached hydrogens (tertiary/aromatic N) is 3. The summed E-state index contributed by atoms with van der Waals surface area (Å²) in [5.74, 6) is 0.699. The Morgan fingerprint density at radius 3 is 2.77 bits per heavy atom. The van der Waals surface area contributed by atoms with E-state index in [9.17, 15) is 9.59 Å². The van der Waals surface area contributed by atoms with Crippen molar-refractivity contribution in [3.63, 3.8) is 0 Å². The Bertz CT molecular complexity index is 872. The number of fused-ring (bicyclic) bond motifs is 4. The number of piperidine rings is 3. The van der Waals surface area contributed by atoms with Crippen molar-refractivity contribution < 1.29 is 9.59 Å². The highest BCUT2D eigenvalue weighted by atomic mass is 32.1. The number of carbonyl (C=O) groups excluding carboxylic acids is 2. The zero-order valence-electron chi connectivity index (χ0n) is 14.6. The van der Waals surface area contributed by atoms with Crippen LogP contribution in [0.2, 0.25) is 0 Å². The van der Waals surface area contributed by atoms with Gasteiger partial charge in [-0.15, -0.1) is 11.3 Å². The van der Waals surface area contributed by atoms with E-state index in [4.69, 9.17) is 0 Å². The van der Waals surface area contributed by atoms with Gasteiger partial charge >= 0.3 is 0 Å². The normalized spacial score (nSPS) is 28.1. The molecule has 0 radical (unpaired) electrons. The molecule has 6 rings (SSSR count). The number of carbonyl (C=O) groups is 2. The van der Waals surface area contributed by atoms with Gasteiger partial charge in [0.25, 0.3) is 5.91 Å². The number of anilines is 1. The lowest BCUT2D eigenvalue weighted by atomic mass is 9.84. The molecule has 0 saturated carbocycles. The SMILES string of the molecule is O=C(N[C@H]1CN2CCC1CC2)c1cc2sc(N3CCCC3=O)cc2cn1. The molecular weight excluding hydrogens is 348 g/mol. The predicted molar refractivity (Wildman–Crippen MR) is 102 cm³/mol. The highest BCUT2D eigenvalue weighted by molar-refractivity contribution is 7.23. The summed E-state index contributed by atoms with van der Waals surface area (Å²) in [6.07, 6.45) is 5.64. The molecule has 6 nitrogen and oxygen atoms in total. The van der Waals surface area contributed by atoms with E-state index in [1.54, 1.807) is 17.5 Å². The van der Waals surface area contributed by atoms with Crippen molar-refractivity contribution in [1.82, 2.24) is 15.2 Å². The topological polar surface area (TPSA) is 65.5 Å². The number of rotatable bonds is 3. The molecule has 0 aliphatic carbocycles. The van der Waals surface area contributed by atoms with E-state index < -0.39 is 0 Å². The minimum absolute atomic E-state index is 0.0853. The monoisotopic (exact) mass is 370 g/mol. The van der Waals surface area contributed by atoms with Gasteiger partial charge in [-0.05, 0) is 50.4 Å². The lowest BCUT2D eigenvalue weighted by Gasteiger charge is -2.44. The largest absolute Gasteiger partial charge is 0.346 e. The second-order valence-electron chi connectivity index (χ2n) is 7.56. The summed E-state index contributed by atoms with van der Waals surface area (Å²) < 4.78 is 1.01. The molecule has 2 amide bonds. The molecule has 4 aliphatic rings. The molecule has 7 heteroatoms. The van der Waals surface area contributed by atoms with Crippen molar-refractivity contribution in [2.75, 3.05) is 31.1 Å². The minimum atomic E-state index is -0.0853. The predicted octanol–water partition coefficient (Wildman–Crippen LogP) is 2.25. The number of amides is 2. The van der Waals surface area contributed by atoms with Crippen molar-refractivity contribution in [1.29, 1.82) is 0 Å². The van der Waals surface area contributed by atoms with Gasteiger partial charge < -0.3 is 15.1 Å². The Balaban J connectivity index is 1.35. The van der Waals surface area contributed by atoms with Crippen LogP contribution in [0.25, 0.3) is 10.1 Å². The van der Waals surface area contributed by atoms with Gasteiger partial charge in [-0.2, -0.15) is 0 Å². The fraction of sp³-hybridized carbons (Fsp3) is 0.526. The minimum Gasteiger partial charge on any atom is -0.346 e. The van der Waals surface area contributed by atoms with Crippen LogP contribution in [0.3, 0.4) is 0 Å². The van der Waals surface area contributed by atoms with Crippen LogP contribution in [0.15, 0.2) is 18.3 Å². The van der Waals surface area contributed by atoms with E-state index >= 15 is 0 Å². The van der Waals surface area contributed by atoms with Crippen LogP contribution in [0.1, 0.15) is 36.2 Å². The maximum absolute atomic E-state index is 12.7. The Morgan fingerprint density at radius 1 is 1.23 bits per heavy atom. The highest BCUT2D eigenvalue weighted by Gasteiger charge is 2.35. The first-order chi connectivity index (χ1) is 12.7. The molecule has 4 saturated heterocycles. The van der Waals surface area contributed by atoms with E-state index in [0.717, 1.165) is 47.7 Å². The number of aromatic nitrogens is 1. The van der Waals surface area contributed by atoms with Crippen LogP contribution >= 0.6 is 11.3 Å². The summed E-state index contributed by atoms with van der Waals surface area (Å²) in [5.41, 5.74) is 0.468. The van der Waals surface area contributed by atoms with Crippen molar-refractivity contribution >= 4 is 38.2 Å². The van der Waals surface area contributed by atoms with Crippen LogP contribution in [0.5, 0.6) is 0 Å². The molecule has 0 spiro atoms. The van der Waals surface area contributed by atoms with E-state index in [1.165, 1.54) is 12.8 Å². The van der Waals surface area contributed by atoms with Gasteiger partial charge in [0.05, 0.1) is 5.00 Å². The molecule has 2 aromatic heterocycles. The average Bonchev–Trinajstić information content (AvgIpc) is 3.27. The fourth-order valence-electron chi connectivity index (χ4n) is 4.43. The van der Waals surface area contributed by atoms with Crippen molar-refractivity contribution in [3.05, 3.63) is 24.0 Å². The third kappa shape index (κ3) is 2.79. The van der Waals surface area contributed by atoms with E-state index in [2.05, 4.69) is 15.2 Å². The molecular formula is C19H22N4O2S. The second-order valence-corrected chi connectivity index (χ2v) is 8.62. The van der Waals surface area contributed by atoms with E-state index in [-0.39, 0.29) is 17.9 Å². The van der Waals surface area contributed by atoms with Gasteiger partial charge in [-0.25, -0.2) is 0 Å². The zero-order valence-corrected chi connectivity index (χ0v) is 15.4. The van der Waals surface area contributed by atoms with Gasteiger partial charge in [-0.1, -0.05) is 0 Å². The van der Waals surface area contributed by atoms with Gasteiger partial charge in [0, 0.05) is 41.8 Å². The third-order valence-electron chi connectivity index (χ3n) is 5.93. The Labute approximate surface area is 156 Å². The highest BCUT2D eigenvalue weighted by Crippen LogP contribution is 2.35. The van der Waals surface area contributed by atoms with Gasteiger partial charge in [0.1, 0.15) is 5.69 Å². The van der Waals surface area contributed by atoms with Crippen LogP contribution < -0.4 is 10.2 Å². The lowest BCUT2D eigenvalue weighted by Crippen LogP contribution is -2.57. The van der Waals surface area contributed by atoms with Crippen LogP contribution in [-0.2, 0) is 4.79 Å². The van der Waals surface area contributed by atoms with Crippen molar-refractivity contribution in [3.8, 4) is 0 Å². The first-order valence-corrected chi connectivity index (χ1v) is 10.2. The standard InChI is InChI=1S/C19H22N4O2S/c24-17-2-1-5-23(17)18-8-13-10-20-14(9-16(13)26-18)19(25)21-15-11-22-6-3-12(15)4-7-22/h8-10,12,15H,1-7,11H2,(H,21,25)/t15-/m0/s1. The summed E-state index contributed by atoms with van der Waals surface area (Å²) in [4.78, 5) is 33.3. The fourth-order valence-corrected chi connectivity index (χ4v) is 5.54. The second kappa shape index (κ2) is 6.32. The number of pyridine rings is 1. The van der Waals surface area contributed by atoms with Crippen molar-refractivity contribution in [2.24, 2.45) is 5.92 Å². The molecule has 0 aromatic carbocycles. The van der Waals surface area contributed by atoms with Gasteiger partial charge in [0.15, 0.2) is 0 Å². The molecule has 136 valence electrons. The lowest BCUT2D eigenvalue weighted by molar-refractivity contribution is -0.117. The summed E-state index contributed by atoms with van der Waals surface area (Å²) in [5, 5.41) is 5.14. The summed E-state index contributed by atoms with van der Waals surface area (Å²) in [7, 11) is 0. The quantitative estimate of drug-likeness (QED) is 0.900. The number of thiophene rings is 1. The molecule has 4 aliphatic heterocycles. The first kappa shape index (κ1) is 16.2. The van der Waals surface area contributed by atoms with Gasteiger partial charge in [-0.3, -0.25) is 14.6 Å². The molecule has 4 fully saturated rings. The van der Waals surface area contributed by atoms with E-state index in [0.29, 0.717) is 18.0 Å². The molecule has 2 bridgehead atoms. The van der Waals surface area contributed by atoms with Crippen molar-refractivity contribution in [2.45, 2.75) is 31.7 Å². The number of hydrogen-bond acceptors (Lipinski definition) is 5. The van der Waals surface area contributed by atoms with Crippen LogP contribution in [0.4, 0.5) is 5.00 Å². The molecule has 2 aromatic rings. The summed E-state index contributed by atoms with van der Waals surface area (Å²) in [6, 6.07) is 4.11. The maximum Gasteiger partial charge on any atom is 0.270 e. The number of hydrogen-bond donors (Lipinski definition) is 1. The van der Waals surface area contributed by atoms with Crippen LogP contribution in [-0.4, -0.2) is 53.9 Å². The van der Waals surface area contributed by atoms with Gasteiger partial charge in [0.2, 0.25) is 5.91 Å². The average molecular weight is 370 g/mol. The third-order valence-corrected chi connectivity index (χ3v) is 7.05. The zero-order chi connectivity index (χ0) is 17.7. The van der Waals surface area contributed by atoms with Crippen LogP contribution in [0, 0.1) is 5.92 Å². The molecule has 1 atom stereocenters. The summed E-state index contributed by atoms with van der Waals surface area (Å²) in [6.45, 7) is 4.06. The Hall–Kier alpha value is -1.99. The number of nitrogens with one attached hydrogen (secondary N) is 1. The van der Waals surface area contributed by atoms with E-state index in [1.807, 2.05) is 17.0 Å². The Morgan fingerprint density at radius 2 is 2.08 bits per heavy atom. The summed E-state index contributed by atoms with van der Waals surface area (Å²) >= 11 is 1.56. The molecule has 6 heterocycles. The molecule has 26 heavy (non-hydrogen) atoms. The Kier molecular flexibility index (Phi) is 3.94. The molecule has 1 N–H and O–H groups in total. The maximum atomic E-state index is 12.7. The smallest absolute Gasteiger partial charge is 0.270 e. The first-order valence-electron chi connectivity index (χ1n) is 9.40.